The lowest BCUT2D eigenvalue weighted by Crippen LogP contribution is -2.28. The van der Waals surface area contributed by atoms with Crippen molar-refractivity contribution in [3.8, 4) is 5.75 Å². The fourth-order valence-corrected chi connectivity index (χ4v) is 2.19. The third kappa shape index (κ3) is 5.20. The van der Waals surface area contributed by atoms with Crippen LogP contribution in [0.2, 0.25) is 0 Å². The molecule has 0 bridgehead atoms. The van der Waals surface area contributed by atoms with Gasteiger partial charge in [-0.25, -0.2) is 4.98 Å². The zero-order valence-corrected chi connectivity index (χ0v) is 14.6. The second-order valence-electron chi connectivity index (χ2n) is 5.49. The number of nitrogens with one attached hydrogen (secondary N) is 2. The van der Waals surface area contributed by atoms with Crippen molar-refractivity contribution in [3.05, 3.63) is 48.2 Å². The fourth-order valence-electron chi connectivity index (χ4n) is 2.19. The molecule has 0 aliphatic rings. The predicted octanol–water partition coefficient (Wildman–Crippen LogP) is 1.91. The Hall–Kier alpha value is -3.09. The Bertz CT molecular complexity index is 747. The minimum Gasteiger partial charge on any atom is -0.484 e. The van der Waals surface area contributed by atoms with Gasteiger partial charge in [0.1, 0.15) is 11.6 Å². The largest absolute Gasteiger partial charge is 0.484 e. The average molecular weight is 342 g/mol. The number of carbonyl (C=O) groups excluding carboxylic acids is 2. The van der Waals surface area contributed by atoms with E-state index >= 15 is 0 Å². The van der Waals surface area contributed by atoms with E-state index in [0.717, 1.165) is 0 Å². The Labute approximate surface area is 147 Å². The number of nitrogens with zero attached hydrogens (tertiary/aromatic N) is 2. The Morgan fingerprint density at radius 3 is 2.72 bits per heavy atom. The van der Waals surface area contributed by atoms with Crippen LogP contribution < -0.4 is 20.3 Å². The van der Waals surface area contributed by atoms with Crippen LogP contribution in [0.5, 0.6) is 5.75 Å². The summed E-state index contributed by atoms with van der Waals surface area (Å²) in [6, 6.07) is 10.3. The first-order valence-electron chi connectivity index (χ1n) is 7.94. The highest BCUT2D eigenvalue weighted by molar-refractivity contribution is 6.07. The van der Waals surface area contributed by atoms with Crippen LogP contribution in [0.3, 0.4) is 0 Å². The summed E-state index contributed by atoms with van der Waals surface area (Å²) in [5.41, 5.74) is 1.05. The summed E-state index contributed by atoms with van der Waals surface area (Å²) < 4.78 is 5.43. The van der Waals surface area contributed by atoms with Crippen LogP contribution in [0, 0.1) is 0 Å². The van der Waals surface area contributed by atoms with E-state index in [1.165, 1.54) is 0 Å². The van der Waals surface area contributed by atoms with Gasteiger partial charge in [0.25, 0.3) is 11.8 Å². The second kappa shape index (κ2) is 8.68. The van der Waals surface area contributed by atoms with Gasteiger partial charge in [0.15, 0.2) is 6.61 Å². The van der Waals surface area contributed by atoms with Crippen molar-refractivity contribution in [2.45, 2.75) is 6.92 Å². The molecular weight excluding hydrogens is 320 g/mol. The van der Waals surface area contributed by atoms with E-state index in [1.807, 2.05) is 21.0 Å². The Morgan fingerprint density at radius 1 is 1.20 bits per heavy atom. The SMILES string of the molecule is CCNC(=O)COc1cccc(NC(=O)c2cccnc2N(C)C)c1. The van der Waals surface area contributed by atoms with Crippen LogP contribution in [0.1, 0.15) is 17.3 Å². The quantitative estimate of drug-likeness (QED) is 0.803. The Kier molecular flexibility index (Phi) is 6.33. The van der Waals surface area contributed by atoms with Gasteiger partial charge in [0, 0.05) is 38.6 Å². The molecule has 0 unspecified atom stereocenters. The minimum atomic E-state index is -0.266. The van der Waals surface area contributed by atoms with E-state index in [9.17, 15) is 9.59 Å². The second-order valence-corrected chi connectivity index (χ2v) is 5.49. The molecular formula is C18H22N4O3. The van der Waals surface area contributed by atoms with Crippen molar-refractivity contribution >= 4 is 23.3 Å². The zero-order chi connectivity index (χ0) is 18.2. The van der Waals surface area contributed by atoms with Gasteiger partial charge in [-0.05, 0) is 31.2 Å². The summed E-state index contributed by atoms with van der Waals surface area (Å²) in [6.45, 7) is 2.32. The van der Waals surface area contributed by atoms with Gasteiger partial charge in [-0.2, -0.15) is 0 Å². The van der Waals surface area contributed by atoms with E-state index in [4.69, 9.17) is 4.74 Å². The van der Waals surface area contributed by atoms with Gasteiger partial charge < -0.3 is 20.3 Å². The van der Waals surface area contributed by atoms with Crippen LogP contribution in [0.4, 0.5) is 11.5 Å². The van der Waals surface area contributed by atoms with E-state index in [2.05, 4.69) is 15.6 Å². The monoisotopic (exact) mass is 342 g/mol. The van der Waals surface area contributed by atoms with Crippen molar-refractivity contribution in [1.29, 1.82) is 0 Å². The van der Waals surface area contributed by atoms with Gasteiger partial charge in [0.05, 0.1) is 5.56 Å². The summed E-state index contributed by atoms with van der Waals surface area (Å²) >= 11 is 0. The number of ether oxygens (including phenoxy) is 1. The van der Waals surface area contributed by atoms with Crippen molar-refractivity contribution in [3.63, 3.8) is 0 Å². The molecule has 7 nitrogen and oxygen atoms in total. The number of rotatable bonds is 7. The number of likely N-dealkylation sites (N-methyl/N-ethyl adjacent to an activating group) is 1. The molecule has 1 aromatic heterocycles. The highest BCUT2D eigenvalue weighted by Gasteiger charge is 2.14. The first kappa shape index (κ1) is 18.3. The highest BCUT2D eigenvalue weighted by Crippen LogP contribution is 2.20. The number of carbonyl (C=O) groups is 2. The highest BCUT2D eigenvalue weighted by atomic mass is 16.5. The van der Waals surface area contributed by atoms with Crippen LogP contribution in [-0.2, 0) is 4.79 Å². The normalized spacial score (nSPS) is 10.0. The van der Waals surface area contributed by atoms with E-state index in [-0.39, 0.29) is 18.4 Å². The Balaban J connectivity index is 2.07. The predicted molar refractivity (Wildman–Crippen MR) is 97.1 cm³/mol. The lowest BCUT2D eigenvalue weighted by atomic mass is 10.2. The molecule has 132 valence electrons. The number of aromatic nitrogens is 1. The molecule has 0 radical (unpaired) electrons. The molecule has 0 fully saturated rings. The smallest absolute Gasteiger partial charge is 0.259 e. The van der Waals surface area contributed by atoms with Gasteiger partial charge >= 0.3 is 0 Å². The topological polar surface area (TPSA) is 83.6 Å². The summed E-state index contributed by atoms with van der Waals surface area (Å²) in [5, 5.41) is 5.48. The molecule has 7 heteroatoms. The van der Waals surface area contributed by atoms with E-state index in [0.29, 0.717) is 29.4 Å². The first-order valence-corrected chi connectivity index (χ1v) is 7.94. The summed E-state index contributed by atoms with van der Waals surface area (Å²) in [6.07, 6.45) is 1.64. The summed E-state index contributed by atoms with van der Waals surface area (Å²) in [4.78, 5) is 30.0. The fraction of sp³-hybridized carbons (Fsp3) is 0.278. The molecule has 1 heterocycles. The molecule has 2 rings (SSSR count). The van der Waals surface area contributed by atoms with Crippen molar-refractivity contribution in [1.82, 2.24) is 10.3 Å². The molecule has 0 atom stereocenters. The molecule has 2 N–H and O–H groups in total. The zero-order valence-electron chi connectivity index (χ0n) is 14.6. The number of hydrogen-bond donors (Lipinski definition) is 2. The standard InChI is InChI=1S/C18H22N4O3/c1-4-19-16(23)12-25-14-8-5-7-13(11-14)21-18(24)15-9-6-10-20-17(15)22(2)3/h5-11H,4,12H2,1-3H3,(H,19,23)(H,21,24). The lowest BCUT2D eigenvalue weighted by Gasteiger charge is -2.15. The third-order valence-electron chi connectivity index (χ3n) is 3.29. The Morgan fingerprint density at radius 2 is 2.00 bits per heavy atom. The van der Waals surface area contributed by atoms with Gasteiger partial charge in [0.2, 0.25) is 0 Å². The van der Waals surface area contributed by atoms with Gasteiger partial charge in [-0.1, -0.05) is 6.07 Å². The van der Waals surface area contributed by atoms with Crippen molar-refractivity contribution in [2.24, 2.45) is 0 Å². The van der Waals surface area contributed by atoms with Crippen LogP contribution in [-0.4, -0.2) is 44.0 Å². The molecule has 0 saturated carbocycles. The van der Waals surface area contributed by atoms with Crippen molar-refractivity contribution in [2.75, 3.05) is 37.5 Å². The molecule has 0 aliphatic carbocycles. The first-order chi connectivity index (χ1) is 12.0. The van der Waals surface area contributed by atoms with Crippen LogP contribution in [0.15, 0.2) is 42.6 Å². The van der Waals surface area contributed by atoms with Crippen LogP contribution >= 0.6 is 0 Å². The maximum Gasteiger partial charge on any atom is 0.259 e. The molecule has 1 aromatic carbocycles. The van der Waals surface area contributed by atoms with Crippen LogP contribution in [0.25, 0.3) is 0 Å². The molecule has 0 saturated heterocycles. The van der Waals surface area contributed by atoms with Crippen molar-refractivity contribution < 1.29 is 14.3 Å². The molecule has 0 spiro atoms. The van der Waals surface area contributed by atoms with Gasteiger partial charge in [-0.15, -0.1) is 0 Å². The molecule has 2 aromatic rings. The number of pyridine rings is 1. The molecule has 25 heavy (non-hydrogen) atoms. The summed E-state index contributed by atoms with van der Waals surface area (Å²) in [5.74, 6) is 0.632. The lowest BCUT2D eigenvalue weighted by molar-refractivity contribution is -0.122. The van der Waals surface area contributed by atoms with Gasteiger partial charge in [-0.3, -0.25) is 9.59 Å². The summed E-state index contributed by atoms with van der Waals surface area (Å²) in [7, 11) is 3.66. The van der Waals surface area contributed by atoms with E-state index in [1.54, 1.807) is 47.5 Å². The maximum absolute atomic E-state index is 12.5. The minimum absolute atomic E-state index is 0.0708. The molecule has 2 amide bonds. The number of amides is 2. The number of benzene rings is 1. The molecule has 0 aliphatic heterocycles. The maximum atomic E-state index is 12.5. The van der Waals surface area contributed by atoms with E-state index < -0.39 is 0 Å². The average Bonchev–Trinajstić information content (AvgIpc) is 2.60. The number of hydrogen-bond acceptors (Lipinski definition) is 5. The third-order valence-corrected chi connectivity index (χ3v) is 3.29. The number of anilines is 2.